The second-order valence-electron chi connectivity index (χ2n) is 8.43. The molecule has 0 atom stereocenters. The summed E-state index contributed by atoms with van der Waals surface area (Å²) in [5.74, 6) is 0.433. The van der Waals surface area contributed by atoms with Gasteiger partial charge in [0, 0.05) is 6.54 Å². The van der Waals surface area contributed by atoms with E-state index in [0.29, 0.717) is 29.2 Å². The number of ether oxygens (including phenoxy) is 1. The van der Waals surface area contributed by atoms with E-state index in [4.69, 9.17) is 4.74 Å². The average molecular weight is 461 g/mol. The van der Waals surface area contributed by atoms with Crippen LogP contribution in [0.1, 0.15) is 48.8 Å². The van der Waals surface area contributed by atoms with Crippen LogP contribution in [0.4, 0.5) is 4.39 Å². The number of hydrogen-bond donors (Lipinski definition) is 1. The standard InChI is InChI=1S/C23H29FN4O3S/c1-8-28-21(25-26-22(28)31-19-11-9-18(24)10-12-19)23(6,7)27-32(29,30)20-16(4)14(2)13-15(3)17(20)5/h9-13,27H,8H2,1-7H3. The van der Waals surface area contributed by atoms with Crippen LogP contribution in [0.3, 0.4) is 0 Å². The molecule has 0 radical (unpaired) electrons. The molecule has 0 fully saturated rings. The SMILES string of the molecule is CCn1c(Oc2ccc(F)cc2)nnc1C(C)(C)NS(=O)(=O)c1c(C)c(C)cc(C)c1C. The molecule has 1 aromatic heterocycles. The molecule has 0 bridgehead atoms. The molecule has 2 aromatic carbocycles. The topological polar surface area (TPSA) is 86.1 Å². The maximum atomic E-state index is 13.5. The first-order chi connectivity index (χ1) is 14.9. The zero-order chi connectivity index (χ0) is 23.8. The number of rotatable bonds is 7. The van der Waals surface area contributed by atoms with Crippen molar-refractivity contribution in [2.75, 3.05) is 0 Å². The summed E-state index contributed by atoms with van der Waals surface area (Å²) in [7, 11) is -3.87. The molecule has 1 heterocycles. The van der Waals surface area contributed by atoms with Crippen molar-refractivity contribution in [3.63, 3.8) is 0 Å². The van der Waals surface area contributed by atoms with E-state index in [1.165, 1.54) is 24.3 Å². The lowest BCUT2D eigenvalue weighted by Gasteiger charge is -2.27. The van der Waals surface area contributed by atoms with Crippen LogP contribution in [0.15, 0.2) is 35.2 Å². The minimum absolute atomic E-state index is 0.195. The fourth-order valence-electron chi connectivity index (χ4n) is 3.74. The summed E-state index contributed by atoms with van der Waals surface area (Å²) < 4.78 is 50.4. The van der Waals surface area contributed by atoms with Crippen molar-refractivity contribution in [2.45, 2.75) is 65.4 Å². The third-order valence-corrected chi connectivity index (χ3v) is 7.50. The highest BCUT2D eigenvalue weighted by Gasteiger charge is 2.35. The molecule has 9 heteroatoms. The van der Waals surface area contributed by atoms with Crippen LogP contribution in [-0.4, -0.2) is 23.2 Å². The number of aryl methyl sites for hydroxylation is 2. The summed E-state index contributed by atoms with van der Waals surface area (Å²) in [5.41, 5.74) is 2.18. The van der Waals surface area contributed by atoms with Crippen LogP contribution in [0.5, 0.6) is 11.8 Å². The summed E-state index contributed by atoms with van der Waals surface area (Å²) in [5, 5.41) is 8.32. The van der Waals surface area contributed by atoms with Crippen molar-refractivity contribution in [2.24, 2.45) is 0 Å². The van der Waals surface area contributed by atoms with Crippen LogP contribution < -0.4 is 9.46 Å². The number of halogens is 1. The van der Waals surface area contributed by atoms with Gasteiger partial charge in [0.1, 0.15) is 11.6 Å². The predicted octanol–water partition coefficient (Wildman–Crippen LogP) is 4.68. The number of hydrogen-bond acceptors (Lipinski definition) is 5. The van der Waals surface area contributed by atoms with E-state index in [9.17, 15) is 12.8 Å². The van der Waals surface area contributed by atoms with Gasteiger partial charge in [0.25, 0.3) is 0 Å². The van der Waals surface area contributed by atoms with Gasteiger partial charge in [-0.2, -0.15) is 4.72 Å². The van der Waals surface area contributed by atoms with Crippen LogP contribution in [0.2, 0.25) is 0 Å². The Kier molecular flexibility index (Phi) is 6.44. The van der Waals surface area contributed by atoms with Gasteiger partial charge in [-0.15, -0.1) is 5.10 Å². The molecule has 0 aliphatic heterocycles. The van der Waals surface area contributed by atoms with Crippen molar-refractivity contribution >= 4 is 10.0 Å². The molecule has 172 valence electrons. The van der Waals surface area contributed by atoms with Crippen LogP contribution >= 0.6 is 0 Å². The van der Waals surface area contributed by atoms with E-state index in [0.717, 1.165) is 11.1 Å². The highest BCUT2D eigenvalue weighted by Crippen LogP contribution is 2.30. The Morgan fingerprint density at radius 1 is 1.03 bits per heavy atom. The highest BCUT2D eigenvalue weighted by molar-refractivity contribution is 7.89. The molecule has 0 aliphatic rings. The number of nitrogens with one attached hydrogen (secondary N) is 1. The second kappa shape index (κ2) is 8.63. The molecule has 0 saturated heterocycles. The Morgan fingerprint density at radius 3 is 2.12 bits per heavy atom. The van der Waals surface area contributed by atoms with Crippen molar-refractivity contribution in [1.29, 1.82) is 0 Å². The van der Waals surface area contributed by atoms with Gasteiger partial charge in [-0.1, -0.05) is 11.2 Å². The lowest BCUT2D eigenvalue weighted by atomic mass is 10.0. The van der Waals surface area contributed by atoms with Gasteiger partial charge in [0.05, 0.1) is 10.4 Å². The summed E-state index contributed by atoms with van der Waals surface area (Å²) in [6, 6.07) is 7.74. The van der Waals surface area contributed by atoms with E-state index in [1.807, 2.05) is 40.7 Å². The molecule has 7 nitrogen and oxygen atoms in total. The van der Waals surface area contributed by atoms with Gasteiger partial charge >= 0.3 is 6.01 Å². The smallest absolute Gasteiger partial charge is 0.322 e. The first-order valence-electron chi connectivity index (χ1n) is 10.4. The second-order valence-corrected chi connectivity index (χ2v) is 10.0. The lowest BCUT2D eigenvalue weighted by molar-refractivity contribution is 0.385. The lowest BCUT2D eigenvalue weighted by Crippen LogP contribution is -2.43. The van der Waals surface area contributed by atoms with Gasteiger partial charge in [-0.3, -0.25) is 4.57 Å². The van der Waals surface area contributed by atoms with Gasteiger partial charge in [0.15, 0.2) is 5.82 Å². The average Bonchev–Trinajstić information content (AvgIpc) is 3.11. The van der Waals surface area contributed by atoms with Gasteiger partial charge in [-0.25, -0.2) is 12.8 Å². The zero-order valence-corrected chi connectivity index (χ0v) is 20.3. The molecule has 3 rings (SSSR count). The third-order valence-electron chi connectivity index (χ3n) is 5.57. The van der Waals surface area contributed by atoms with E-state index in [2.05, 4.69) is 14.9 Å². The third kappa shape index (κ3) is 4.54. The molecule has 0 amide bonds. The molecule has 1 N–H and O–H groups in total. The summed E-state index contributed by atoms with van der Waals surface area (Å²) in [4.78, 5) is 0.286. The largest absolute Gasteiger partial charge is 0.424 e. The van der Waals surface area contributed by atoms with Crippen molar-refractivity contribution < 1.29 is 17.5 Å². The molecule has 0 aliphatic carbocycles. The van der Waals surface area contributed by atoms with Gasteiger partial charge in [0.2, 0.25) is 10.0 Å². The van der Waals surface area contributed by atoms with Gasteiger partial charge in [-0.05, 0) is 95.0 Å². The molecule has 32 heavy (non-hydrogen) atoms. The highest BCUT2D eigenvalue weighted by atomic mass is 32.2. The first-order valence-corrected chi connectivity index (χ1v) is 11.8. The molecule has 0 saturated carbocycles. The number of nitrogens with zero attached hydrogens (tertiary/aromatic N) is 3. The summed E-state index contributed by atoms with van der Waals surface area (Å²) in [6.45, 7) is 13.2. The summed E-state index contributed by atoms with van der Waals surface area (Å²) in [6.07, 6.45) is 0. The van der Waals surface area contributed by atoms with Crippen molar-refractivity contribution in [3.05, 3.63) is 64.2 Å². The molecule has 0 unspecified atom stereocenters. The zero-order valence-electron chi connectivity index (χ0n) is 19.4. The van der Waals surface area contributed by atoms with E-state index < -0.39 is 15.6 Å². The Hall–Kier alpha value is -2.78. The van der Waals surface area contributed by atoms with E-state index >= 15 is 0 Å². The van der Waals surface area contributed by atoms with Crippen molar-refractivity contribution in [1.82, 2.24) is 19.5 Å². The molecular formula is C23H29FN4O3S. The fourth-order valence-corrected chi connectivity index (χ4v) is 5.73. The predicted molar refractivity (Wildman–Crippen MR) is 121 cm³/mol. The maximum absolute atomic E-state index is 13.5. The fraction of sp³-hybridized carbons (Fsp3) is 0.391. The van der Waals surface area contributed by atoms with Crippen LogP contribution in [0.25, 0.3) is 0 Å². The van der Waals surface area contributed by atoms with E-state index in [-0.39, 0.29) is 16.7 Å². The molecule has 0 spiro atoms. The first kappa shape index (κ1) is 23.9. The molecule has 3 aromatic rings. The number of sulfonamides is 1. The van der Waals surface area contributed by atoms with Crippen LogP contribution in [0, 0.1) is 33.5 Å². The Labute approximate surface area is 188 Å². The quantitative estimate of drug-likeness (QED) is 0.553. The minimum atomic E-state index is -3.87. The van der Waals surface area contributed by atoms with E-state index in [1.54, 1.807) is 18.4 Å². The Balaban J connectivity index is 1.98. The monoisotopic (exact) mass is 460 g/mol. The van der Waals surface area contributed by atoms with Crippen LogP contribution in [-0.2, 0) is 22.1 Å². The van der Waals surface area contributed by atoms with Gasteiger partial charge < -0.3 is 4.74 Å². The maximum Gasteiger partial charge on any atom is 0.322 e. The molecular weight excluding hydrogens is 431 g/mol. The number of benzene rings is 2. The Morgan fingerprint density at radius 2 is 1.59 bits per heavy atom. The number of aromatic nitrogens is 3. The normalized spacial score (nSPS) is 12.2. The Bertz CT molecular complexity index is 1220. The summed E-state index contributed by atoms with van der Waals surface area (Å²) >= 11 is 0. The minimum Gasteiger partial charge on any atom is -0.424 e. The van der Waals surface area contributed by atoms with Crippen molar-refractivity contribution in [3.8, 4) is 11.8 Å².